The van der Waals surface area contributed by atoms with Crippen LogP contribution in [0.3, 0.4) is 0 Å². The van der Waals surface area contributed by atoms with Crippen LogP contribution in [-0.4, -0.2) is 28.9 Å². The van der Waals surface area contributed by atoms with E-state index in [4.69, 9.17) is 0 Å². The molecule has 0 bridgehead atoms. The number of rotatable bonds is 9. The maximum Gasteiger partial charge on any atom is 0.226 e. The third-order valence-electron chi connectivity index (χ3n) is 4.85. The first kappa shape index (κ1) is 21.1. The molecule has 0 aliphatic rings. The first-order valence-electron chi connectivity index (χ1n) is 9.85. The molecule has 0 radical (unpaired) electrons. The predicted octanol–water partition coefficient (Wildman–Crippen LogP) is 4.65. The summed E-state index contributed by atoms with van der Waals surface area (Å²) in [5.74, 6) is -0.362. The number of nitrogens with one attached hydrogen (secondary N) is 1. The van der Waals surface area contributed by atoms with Crippen molar-refractivity contribution in [1.82, 2.24) is 15.2 Å². The number of benzene rings is 2. The van der Waals surface area contributed by atoms with Crippen LogP contribution < -0.4 is 5.32 Å². The van der Waals surface area contributed by atoms with Gasteiger partial charge in [0.15, 0.2) is 0 Å². The molecule has 0 saturated heterocycles. The van der Waals surface area contributed by atoms with E-state index in [0.717, 1.165) is 35.8 Å². The molecule has 1 aromatic heterocycles. The zero-order valence-corrected chi connectivity index (χ0v) is 17.6. The molecule has 2 aromatic carbocycles. The summed E-state index contributed by atoms with van der Waals surface area (Å²) in [6.45, 7) is 7.67. The molecule has 4 nitrogen and oxygen atoms in total. The van der Waals surface area contributed by atoms with Crippen LogP contribution in [-0.2, 0) is 24.3 Å². The Kier molecular flexibility index (Phi) is 7.49. The van der Waals surface area contributed by atoms with Gasteiger partial charge in [0, 0.05) is 24.0 Å². The van der Waals surface area contributed by atoms with Gasteiger partial charge in [-0.25, -0.2) is 9.37 Å². The van der Waals surface area contributed by atoms with Gasteiger partial charge in [-0.1, -0.05) is 50.2 Å². The number of hydrogen-bond donors (Lipinski definition) is 1. The van der Waals surface area contributed by atoms with Crippen LogP contribution in [0.25, 0.3) is 10.6 Å². The number of thiazole rings is 1. The fourth-order valence-corrected chi connectivity index (χ4v) is 3.95. The minimum absolute atomic E-state index is 0.0706. The van der Waals surface area contributed by atoms with Gasteiger partial charge >= 0.3 is 0 Å². The van der Waals surface area contributed by atoms with E-state index in [1.165, 1.54) is 29.0 Å². The second-order valence-electron chi connectivity index (χ2n) is 6.84. The first-order chi connectivity index (χ1) is 14.1. The van der Waals surface area contributed by atoms with E-state index < -0.39 is 0 Å². The normalized spacial score (nSPS) is 11.0. The summed E-state index contributed by atoms with van der Waals surface area (Å²) in [6.07, 6.45) is 0.212. The molecular weight excluding hydrogens is 385 g/mol. The molecule has 0 atom stereocenters. The van der Waals surface area contributed by atoms with Crippen LogP contribution in [0.2, 0.25) is 0 Å². The van der Waals surface area contributed by atoms with Gasteiger partial charge in [0.25, 0.3) is 0 Å². The van der Waals surface area contributed by atoms with Gasteiger partial charge in [-0.15, -0.1) is 11.3 Å². The zero-order chi connectivity index (χ0) is 20.6. The van der Waals surface area contributed by atoms with Crippen LogP contribution in [0, 0.1) is 5.82 Å². The van der Waals surface area contributed by atoms with Gasteiger partial charge in [-0.3, -0.25) is 9.69 Å². The molecule has 3 rings (SSSR count). The van der Waals surface area contributed by atoms with Crippen LogP contribution in [0.4, 0.5) is 4.39 Å². The highest BCUT2D eigenvalue weighted by molar-refractivity contribution is 7.13. The molecule has 6 heteroatoms. The Morgan fingerprint density at radius 2 is 1.86 bits per heavy atom. The largest absolute Gasteiger partial charge is 0.352 e. The van der Waals surface area contributed by atoms with Crippen LogP contribution in [0.5, 0.6) is 0 Å². The lowest BCUT2D eigenvalue weighted by molar-refractivity contribution is -0.120. The number of nitrogens with zero attached hydrogens (tertiary/aromatic N) is 2. The van der Waals surface area contributed by atoms with Gasteiger partial charge < -0.3 is 5.32 Å². The number of aromatic nitrogens is 1. The SMILES string of the molecule is CCN(CC)Cc1ccccc1CNC(=O)Cc1csc(-c2cccc(F)c2)n1. The molecule has 0 saturated carbocycles. The average Bonchev–Trinajstić information content (AvgIpc) is 3.19. The Morgan fingerprint density at radius 1 is 1.10 bits per heavy atom. The van der Waals surface area contributed by atoms with Crippen molar-refractivity contribution in [1.29, 1.82) is 0 Å². The molecule has 1 heterocycles. The molecule has 0 aliphatic heterocycles. The summed E-state index contributed by atoms with van der Waals surface area (Å²) in [7, 11) is 0. The summed E-state index contributed by atoms with van der Waals surface area (Å²) in [5.41, 5.74) is 3.79. The van der Waals surface area contributed by atoms with Crippen molar-refractivity contribution in [3.8, 4) is 10.6 Å². The van der Waals surface area contributed by atoms with E-state index in [1.807, 2.05) is 23.6 Å². The highest BCUT2D eigenvalue weighted by Crippen LogP contribution is 2.24. The molecule has 0 fully saturated rings. The molecule has 0 spiro atoms. The van der Waals surface area contributed by atoms with E-state index in [1.54, 1.807) is 6.07 Å². The highest BCUT2D eigenvalue weighted by atomic mass is 32.1. The quantitative estimate of drug-likeness (QED) is 0.557. The maximum atomic E-state index is 13.4. The Balaban J connectivity index is 1.58. The molecule has 0 aliphatic carbocycles. The van der Waals surface area contributed by atoms with Gasteiger partial charge in [0.2, 0.25) is 5.91 Å². The summed E-state index contributed by atoms with van der Waals surface area (Å²) in [4.78, 5) is 19.2. The summed E-state index contributed by atoms with van der Waals surface area (Å²) in [6, 6.07) is 14.5. The lowest BCUT2D eigenvalue weighted by Crippen LogP contribution is -2.27. The lowest BCUT2D eigenvalue weighted by Gasteiger charge is -2.20. The Morgan fingerprint density at radius 3 is 2.59 bits per heavy atom. The van der Waals surface area contributed by atoms with Crippen molar-refractivity contribution in [2.24, 2.45) is 0 Å². The van der Waals surface area contributed by atoms with E-state index in [9.17, 15) is 9.18 Å². The molecular formula is C23H26FN3OS. The van der Waals surface area contributed by atoms with Gasteiger partial charge in [-0.05, 0) is 36.3 Å². The molecule has 152 valence electrons. The second-order valence-corrected chi connectivity index (χ2v) is 7.70. The third-order valence-corrected chi connectivity index (χ3v) is 5.79. The number of carbonyl (C=O) groups is 1. The van der Waals surface area contributed by atoms with Crippen molar-refractivity contribution < 1.29 is 9.18 Å². The van der Waals surface area contributed by atoms with Gasteiger partial charge in [0.05, 0.1) is 12.1 Å². The summed E-state index contributed by atoms with van der Waals surface area (Å²) >= 11 is 1.42. The Bertz CT molecular complexity index is 953. The summed E-state index contributed by atoms with van der Waals surface area (Å²) in [5, 5.41) is 5.58. The van der Waals surface area contributed by atoms with Crippen molar-refractivity contribution >= 4 is 17.2 Å². The van der Waals surface area contributed by atoms with Crippen molar-refractivity contribution in [2.75, 3.05) is 13.1 Å². The molecule has 1 N–H and O–H groups in total. The molecule has 3 aromatic rings. The van der Waals surface area contributed by atoms with E-state index in [-0.39, 0.29) is 18.1 Å². The minimum atomic E-state index is -0.291. The fourth-order valence-electron chi connectivity index (χ4n) is 3.14. The number of halogens is 1. The first-order valence-corrected chi connectivity index (χ1v) is 10.7. The van der Waals surface area contributed by atoms with Crippen LogP contribution in [0.15, 0.2) is 53.9 Å². The van der Waals surface area contributed by atoms with Crippen LogP contribution >= 0.6 is 11.3 Å². The zero-order valence-electron chi connectivity index (χ0n) is 16.8. The monoisotopic (exact) mass is 411 g/mol. The van der Waals surface area contributed by atoms with Crippen molar-refractivity contribution in [3.05, 3.63) is 76.5 Å². The number of amides is 1. The molecule has 0 unspecified atom stereocenters. The lowest BCUT2D eigenvalue weighted by atomic mass is 10.1. The van der Waals surface area contributed by atoms with Gasteiger partial charge in [0.1, 0.15) is 10.8 Å². The fraction of sp³-hybridized carbons (Fsp3) is 0.304. The van der Waals surface area contributed by atoms with E-state index >= 15 is 0 Å². The Hall–Kier alpha value is -2.57. The minimum Gasteiger partial charge on any atom is -0.352 e. The van der Waals surface area contributed by atoms with E-state index in [0.29, 0.717) is 12.2 Å². The summed E-state index contributed by atoms with van der Waals surface area (Å²) < 4.78 is 13.4. The number of carbonyl (C=O) groups excluding carboxylic acids is 1. The van der Waals surface area contributed by atoms with Gasteiger partial charge in [-0.2, -0.15) is 0 Å². The standard InChI is InChI=1S/C23H26FN3OS/c1-3-27(4-2)15-19-9-6-5-8-18(19)14-25-22(28)13-21-16-29-23(26-21)17-10-7-11-20(24)12-17/h5-12,16H,3-4,13-15H2,1-2H3,(H,25,28). The van der Waals surface area contributed by atoms with Crippen molar-refractivity contribution in [2.45, 2.75) is 33.4 Å². The third kappa shape index (κ3) is 5.95. The topological polar surface area (TPSA) is 45.2 Å². The molecule has 29 heavy (non-hydrogen) atoms. The number of hydrogen-bond acceptors (Lipinski definition) is 4. The van der Waals surface area contributed by atoms with Crippen LogP contribution in [0.1, 0.15) is 30.7 Å². The van der Waals surface area contributed by atoms with Crippen molar-refractivity contribution in [3.63, 3.8) is 0 Å². The highest BCUT2D eigenvalue weighted by Gasteiger charge is 2.11. The molecule has 1 amide bonds. The average molecular weight is 412 g/mol. The maximum absolute atomic E-state index is 13.4. The smallest absolute Gasteiger partial charge is 0.226 e. The second kappa shape index (κ2) is 10.3. The predicted molar refractivity (Wildman–Crippen MR) is 116 cm³/mol. The Labute approximate surface area is 175 Å². The van der Waals surface area contributed by atoms with E-state index in [2.05, 4.69) is 41.2 Å².